The number of hydrogen-bond acceptors (Lipinski definition) is 5. The fourth-order valence-corrected chi connectivity index (χ4v) is 4.62. The Morgan fingerprint density at radius 2 is 1.92 bits per heavy atom. The highest BCUT2D eigenvalue weighted by Crippen LogP contribution is 2.41. The summed E-state index contributed by atoms with van der Waals surface area (Å²) >= 11 is 0. The van der Waals surface area contributed by atoms with Gasteiger partial charge < -0.3 is 20.5 Å². The molecule has 2 fully saturated rings. The van der Waals surface area contributed by atoms with E-state index in [-0.39, 0.29) is 24.5 Å². The van der Waals surface area contributed by atoms with Gasteiger partial charge in [0.15, 0.2) is 0 Å². The Morgan fingerprint density at radius 1 is 1.27 bits per heavy atom. The van der Waals surface area contributed by atoms with Crippen LogP contribution in [0.15, 0.2) is 0 Å². The van der Waals surface area contributed by atoms with Gasteiger partial charge in [-0.05, 0) is 38.5 Å². The number of carboxylic acids is 1. The van der Waals surface area contributed by atoms with Gasteiger partial charge in [0.1, 0.15) is 11.6 Å². The van der Waals surface area contributed by atoms with E-state index in [2.05, 4.69) is 0 Å². The molecular weight excluding hydrogens is 336 g/mol. The molecule has 5 atom stereocenters. The minimum Gasteiger partial charge on any atom is -0.480 e. The van der Waals surface area contributed by atoms with Crippen molar-refractivity contribution in [3.05, 3.63) is 0 Å². The van der Waals surface area contributed by atoms with Gasteiger partial charge in [-0.25, -0.2) is 4.79 Å². The second kappa shape index (κ2) is 8.37. The van der Waals surface area contributed by atoms with Crippen molar-refractivity contribution >= 4 is 17.8 Å². The summed E-state index contributed by atoms with van der Waals surface area (Å²) in [6, 6.07) is -0.890. The molecule has 3 N–H and O–H groups in total. The summed E-state index contributed by atoms with van der Waals surface area (Å²) in [6.45, 7) is 5.41. The highest BCUT2D eigenvalue weighted by Gasteiger charge is 2.52. The van der Waals surface area contributed by atoms with Gasteiger partial charge in [-0.2, -0.15) is 0 Å². The zero-order valence-electron chi connectivity index (χ0n) is 16.1. The van der Waals surface area contributed by atoms with Gasteiger partial charge in [0.25, 0.3) is 0 Å². The lowest BCUT2D eigenvalue weighted by Gasteiger charge is -2.39. The molecule has 0 aromatic rings. The molecule has 1 heterocycles. The molecule has 0 unspecified atom stereocenters. The highest BCUT2D eigenvalue weighted by molar-refractivity contribution is 5.93. The first-order valence-corrected chi connectivity index (χ1v) is 9.78. The zero-order chi connectivity index (χ0) is 19.5. The van der Waals surface area contributed by atoms with Gasteiger partial charge >= 0.3 is 11.9 Å². The lowest BCUT2D eigenvalue weighted by atomic mass is 9.80. The van der Waals surface area contributed by atoms with Crippen molar-refractivity contribution in [1.82, 2.24) is 4.90 Å². The van der Waals surface area contributed by atoms with Gasteiger partial charge in [0.2, 0.25) is 5.91 Å². The Balaban J connectivity index is 2.30. The Hall–Kier alpha value is -1.63. The molecule has 1 amide bonds. The maximum atomic E-state index is 13.3. The summed E-state index contributed by atoms with van der Waals surface area (Å²) in [5.41, 5.74) is 4.94. The van der Waals surface area contributed by atoms with E-state index in [4.69, 9.17) is 10.5 Å². The predicted molar refractivity (Wildman–Crippen MR) is 96.3 cm³/mol. The predicted octanol–water partition coefficient (Wildman–Crippen LogP) is 1.93. The van der Waals surface area contributed by atoms with Crippen LogP contribution in [0.3, 0.4) is 0 Å². The normalized spacial score (nSPS) is 28.8. The Kier molecular flexibility index (Phi) is 6.66. The van der Waals surface area contributed by atoms with Crippen LogP contribution in [0.4, 0.5) is 0 Å². The average molecular weight is 368 g/mol. The topological polar surface area (TPSA) is 110 Å². The van der Waals surface area contributed by atoms with Crippen molar-refractivity contribution in [2.45, 2.75) is 83.3 Å². The van der Waals surface area contributed by atoms with Crippen LogP contribution < -0.4 is 5.73 Å². The quantitative estimate of drug-likeness (QED) is 0.665. The first kappa shape index (κ1) is 20.7. The van der Waals surface area contributed by atoms with Crippen molar-refractivity contribution in [3.63, 3.8) is 0 Å². The Bertz CT molecular complexity index is 552. The maximum Gasteiger partial charge on any atom is 0.326 e. The van der Waals surface area contributed by atoms with E-state index in [1.165, 1.54) is 4.90 Å². The number of carbonyl (C=O) groups is 3. The third kappa shape index (κ3) is 3.72. The second-order valence-electron chi connectivity index (χ2n) is 7.68. The number of carbonyl (C=O) groups excluding carboxylic acids is 2. The number of fused-ring (bicyclic) bond motifs is 1. The van der Waals surface area contributed by atoms with E-state index in [1.54, 1.807) is 13.8 Å². The Morgan fingerprint density at radius 3 is 2.50 bits per heavy atom. The number of likely N-dealkylation sites (tertiary alicyclic amines) is 1. The molecule has 1 saturated carbocycles. The van der Waals surface area contributed by atoms with E-state index >= 15 is 0 Å². The third-order valence-electron chi connectivity index (χ3n) is 6.09. The van der Waals surface area contributed by atoms with Crippen LogP contribution in [0.2, 0.25) is 0 Å². The van der Waals surface area contributed by atoms with Crippen LogP contribution in [-0.2, 0) is 19.1 Å². The molecule has 0 bridgehead atoms. The summed E-state index contributed by atoms with van der Waals surface area (Å²) in [7, 11) is 0. The van der Waals surface area contributed by atoms with Gasteiger partial charge in [0, 0.05) is 6.04 Å². The molecule has 0 aromatic heterocycles. The molecule has 0 radical (unpaired) electrons. The summed E-state index contributed by atoms with van der Waals surface area (Å²) in [5.74, 6) is -2.51. The van der Waals surface area contributed by atoms with Crippen molar-refractivity contribution in [2.75, 3.05) is 6.61 Å². The van der Waals surface area contributed by atoms with Gasteiger partial charge in [-0.15, -0.1) is 0 Å². The van der Waals surface area contributed by atoms with Crippen molar-refractivity contribution in [2.24, 2.45) is 17.6 Å². The zero-order valence-corrected chi connectivity index (χ0v) is 16.1. The van der Waals surface area contributed by atoms with Crippen LogP contribution in [0.5, 0.6) is 0 Å². The molecular formula is C19H32N2O5. The van der Waals surface area contributed by atoms with Crippen molar-refractivity contribution < 1.29 is 24.2 Å². The molecule has 2 rings (SSSR count). The molecule has 148 valence electrons. The number of nitrogens with two attached hydrogens (primary N) is 1. The largest absolute Gasteiger partial charge is 0.480 e. The van der Waals surface area contributed by atoms with E-state index < -0.39 is 29.4 Å². The number of esters is 1. The number of amides is 1. The molecule has 1 aliphatic carbocycles. The monoisotopic (exact) mass is 368 g/mol. The van der Waals surface area contributed by atoms with Gasteiger partial charge in [-0.3, -0.25) is 9.59 Å². The number of nitrogens with zero attached hydrogens (tertiary/aromatic N) is 1. The van der Waals surface area contributed by atoms with Crippen LogP contribution >= 0.6 is 0 Å². The first-order valence-electron chi connectivity index (χ1n) is 9.78. The standard InChI is InChI=1S/C19H32N2O5/c1-4-10-19(20,18(25)26-5-2)12(3)16(22)21-14-9-7-6-8-13(14)11-15(21)17(23)24/h12-15H,4-11,20H2,1-3H3,(H,23,24)/t12-,13+,14+,15+,19+/m1/s1. The fraction of sp³-hybridized carbons (Fsp3) is 0.842. The average Bonchev–Trinajstić information content (AvgIpc) is 3.00. The molecule has 7 heteroatoms. The Labute approximate surface area is 155 Å². The minimum atomic E-state index is -1.43. The van der Waals surface area contributed by atoms with Gasteiger partial charge in [0.05, 0.1) is 12.5 Å². The second-order valence-corrected chi connectivity index (χ2v) is 7.68. The highest BCUT2D eigenvalue weighted by atomic mass is 16.5. The SMILES string of the molecule is CCC[C@@](N)(C(=O)OCC)[C@H](C)C(=O)N1[C@H](C(=O)O)C[C@@H]2CCCC[C@@H]21. The molecule has 1 aliphatic heterocycles. The summed E-state index contributed by atoms with van der Waals surface area (Å²) in [6.07, 6.45) is 5.27. The smallest absolute Gasteiger partial charge is 0.326 e. The fourth-order valence-electron chi connectivity index (χ4n) is 4.62. The lowest BCUT2D eigenvalue weighted by molar-refractivity contribution is -0.160. The van der Waals surface area contributed by atoms with Crippen LogP contribution in [-0.4, -0.2) is 52.1 Å². The van der Waals surface area contributed by atoms with E-state index in [1.807, 2.05) is 6.92 Å². The first-order chi connectivity index (χ1) is 12.3. The molecule has 0 aromatic carbocycles. The maximum absolute atomic E-state index is 13.3. The number of ether oxygens (including phenoxy) is 1. The number of carboxylic acid groups (broad SMARTS) is 1. The lowest BCUT2D eigenvalue weighted by Crippen LogP contribution is -2.60. The number of hydrogen-bond donors (Lipinski definition) is 2. The van der Waals surface area contributed by atoms with E-state index in [0.717, 1.165) is 25.7 Å². The molecule has 0 spiro atoms. The summed E-state index contributed by atoms with van der Waals surface area (Å²) in [4.78, 5) is 39.1. The number of aliphatic carboxylic acids is 1. The molecule has 26 heavy (non-hydrogen) atoms. The third-order valence-corrected chi connectivity index (χ3v) is 6.09. The van der Waals surface area contributed by atoms with Crippen LogP contribution in [0, 0.1) is 11.8 Å². The van der Waals surface area contributed by atoms with Crippen molar-refractivity contribution in [3.8, 4) is 0 Å². The van der Waals surface area contributed by atoms with Crippen LogP contribution in [0.25, 0.3) is 0 Å². The minimum absolute atomic E-state index is 0.0622. The van der Waals surface area contributed by atoms with Crippen molar-refractivity contribution in [1.29, 1.82) is 0 Å². The van der Waals surface area contributed by atoms with E-state index in [9.17, 15) is 19.5 Å². The summed E-state index contributed by atoms with van der Waals surface area (Å²) in [5, 5.41) is 9.64. The molecule has 1 saturated heterocycles. The molecule has 2 aliphatic rings. The van der Waals surface area contributed by atoms with Crippen LogP contribution in [0.1, 0.15) is 65.7 Å². The van der Waals surface area contributed by atoms with Gasteiger partial charge in [-0.1, -0.05) is 33.1 Å². The molecule has 7 nitrogen and oxygen atoms in total. The summed E-state index contributed by atoms with van der Waals surface area (Å²) < 4.78 is 5.12. The number of rotatable bonds is 7. The van der Waals surface area contributed by atoms with E-state index in [0.29, 0.717) is 19.3 Å².